The fourth-order valence-corrected chi connectivity index (χ4v) is 2.36. The molecule has 3 nitrogen and oxygen atoms in total. The molecule has 1 aromatic rings. The van der Waals surface area contributed by atoms with Crippen molar-refractivity contribution in [2.45, 2.75) is 45.7 Å². The number of nitrogens with one attached hydrogen (secondary N) is 2. The Labute approximate surface area is 135 Å². The number of quaternary nitrogens is 1. The van der Waals surface area contributed by atoms with Crippen LogP contribution in [0.15, 0.2) is 24.3 Å². The predicted octanol–water partition coefficient (Wildman–Crippen LogP) is 3.13. The van der Waals surface area contributed by atoms with Crippen LogP contribution >= 0.6 is 0 Å². The van der Waals surface area contributed by atoms with E-state index in [1.54, 1.807) is 0 Å². The fraction of sp³-hybridized carbons (Fsp3) is 0.588. The fourth-order valence-electron chi connectivity index (χ4n) is 2.36. The molecular weight excluding hydrogens is 305 g/mol. The van der Waals surface area contributed by atoms with E-state index >= 15 is 0 Å². The Hall–Kier alpha value is -1.56. The lowest BCUT2D eigenvalue weighted by Gasteiger charge is -2.19. The van der Waals surface area contributed by atoms with Crippen molar-refractivity contribution >= 4 is 11.6 Å². The standard InChI is InChI=1S/C17H25F3N2O/c1-3-5-10-22(11-6-4-2)13-16(23)21-15-9-7-8-14(12-15)17(18,19)20/h7-9,12H,3-6,10-11,13H2,1-2H3,(H,21,23)/p+1. The molecule has 1 aromatic carbocycles. The van der Waals surface area contributed by atoms with Crippen molar-refractivity contribution in [2.24, 2.45) is 0 Å². The van der Waals surface area contributed by atoms with E-state index in [1.165, 1.54) is 17.0 Å². The second kappa shape index (κ2) is 9.55. The van der Waals surface area contributed by atoms with Gasteiger partial charge in [-0.25, -0.2) is 0 Å². The lowest BCUT2D eigenvalue weighted by molar-refractivity contribution is -0.892. The topological polar surface area (TPSA) is 33.5 Å². The first kappa shape index (κ1) is 19.5. The molecule has 0 aromatic heterocycles. The highest BCUT2D eigenvalue weighted by Gasteiger charge is 2.30. The molecular formula is C17H26F3N2O+. The molecule has 0 heterocycles. The molecule has 0 saturated carbocycles. The molecule has 0 aliphatic carbocycles. The quantitative estimate of drug-likeness (QED) is 0.716. The van der Waals surface area contributed by atoms with Crippen LogP contribution in [0.3, 0.4) is 0 Å². The normalized spacial score (nSPS) is 11.7. The first-order chi connectivity index (χ1) is 10.9. The summed E-state index contributed by atoms with van der Waals surface area (Å²) in [5.74, 6) is -0.244. The van der Waals surface area contributed by atoms with Gasteiger partial charge >= 0.3 is 6.18 Å². The predicted molar refractivity (Wildman–Crippen MR) is 85.5 cm³/mol. The molecule has 0 atom stereocenters. The average molecular weight is 331 g/mol. The summed E-state index contributed by atoms with van der Waals surface area (Å²) in [5.41, 5.74) is -0.563. The zero-order chi connectivity index (χ0) is 17.3. The summed E-state index contributed by atoms with van der Waals surface area (Å²) in [6.07, 6.45) is -0.207. The Morgan fingerprint density at radius 2 is 1.74 bits per heavy atom. The summed E-state index contributed by atoms with van der Waals surface area (Å²) >= 11 is 0. The molecule has 2 N–H and O–H groups in total. The molecule has 1 amide bonds. The maximum absolute atomic E-state index is 12.7. The number of unbranched alkanes of at least 4 members (excludes halogenated alkanes) is 2. The SMILES string of the molecule is CCCC[NH+](CCCC)CC(=O)Nc1cccc(C(F)(F)F)c1. The van der Waals surface area contributed by atoms with Crippen LogP contribution in [0.4, 0.5) is 18.9 Å². The molecule has 0 fully saturated rings. The molecule has 0 spiro atoms. The van der Waals surface area contributed by atoms with Gasteiger partial charge in [0.2, 0.25) is 0 Å². The first-order valence-electron chi connectivity index (χ1n) is 8.17. The molecule has 0 saturated heterocycles. The number of carbonyl (C=O) groups excluding carboxylic acids is 1. The third-order valence-corrected chi connectivity index (χ3v) is 3.65. The number of hydrogen-bond donors (Lipinski definition) is 2. The number of anilines is 1. The Bertz CT molecular complexity index is 481. The average Bonchev–Trinajstić information content (AvgIpc) is 2.49. The number of hydrogen-bond acceptors (Lipinski definition) is 1. The third kappa shape index (κ3) is 7.50. The minimum absolute atomic E-state index is 0.190. The van der Waals surface area contributed by atoms with Crippen molar-refractivity contribution < 1.29 is 22.9 Å². The highest BCUT2D eigenvalue weighted by atomic mass is 19.4. The minimum atomic E-state index is -4.40. The van der Waals surface area contributed by atoms with E-state index in [2.05, 4.69) is 19.2 Å². The molecule has 0 aliphatic rings. The number of rotatable bonds is 9. The van der Waals surface area contributed by atoms with Crippen molar-refractivity contribution in [3.63, 3.8) is 0 Å². The lowest BCUT2D eigenvalue weighted by atomic mass is 10.2. The number of alkyl halides is 3. The van der Waals surface area contributed by atoms with Crippen molar-refractivity contribution in [2.75, 3.05) is 25.0 Å². The second-order valence-corrected chi connectivity index (χ2v) is 5.76. The molecule has 130 valence electrons. The van der Waals surface area contributed by atoms with E-state index in [1.807, 2.05) is 0 Å². The number of halogens is 3. The van der Waals surface area contributed by atoms with E-state index in [0.29, 0.717) is 0 Å². The van der Waals surface area contributed by atoms with Gasteiger partial charge < -0.3 is 10.2 Å². The van der Waals surface area contributed by atoms with Gasteiger partial charge in [0.05, 0.1) is 18.7 Å². The Morgan fingerprint density at radius 3 is 2.26 bits per heavy atom. The zero-order valence-corrected chi connectivity index (χ0v) is 13.8. The molecule has 23 heavy (non-hydrogen) atoms. The molecule has 6 heteroatoms. The van der Waals surface area contributed by atoms with Crippen LogP contribution in [0.2, 0.25) is 0 Å². The lowest BCUT2D eigenvalue weighted by Crippen LogP contribution is -3.13. The van der Waals surface area contributed by atoms with Gasteiger partial charge in [-0.2, -0.15) is 13.2 Å². The van der Waals surface area contributed by atoms with Gasteiger partial charge in [-0.15, -0.1) is 0 Å². The van der Waals surface area contributed by atoms with Gasteiger partial charge in [-0.1, -0.05) is 32.8 Å². The Morgan fingerprint density at radius 1 is 1.13 bits per heavy atom. The van der Waals surface area contributed by atoms with Gasteiger partial charge in [-0.05, 0) is 31.0 Å². The largest absolute Gasteiger partial charge is 0.416 e. The van der Waals surface area contributed by atoms with Crippen LogP contribution in [0.5, 0.6) is 0 Å². The third-order valence-electron chi connectivity index (χ3n) is 3.65. The van der Waals surface area contributed by atoms with Gasteiger partial charge in [-0.3, -0.25) is 4.79 Å². The Kier molecular flexibility index (Phi) is 8.09. The minimum Gasteiger partial charge on any atom is -0.327 e. The monoisotopic (exact) mass is 331 g/mol. The van der Waals surface area contributed by atoms with Crippen molar-refractivity contribution in [1.29, 1.82) is 0 Å². The van der Waals surface area contributed by atoms with Crippen LogP contribution in [0, 0.1) is 0 Å². The highest BCUT2D eigenvalue weighted by molar-refractivity contribution is 5.91. The summed E-state index contributed by atoms with van der Waals surface area (Å²) in [6.45, 7) is 6.30. The van der Waals surface area contributed by atoms with Crippen LogP contribution in [-0.4, -0.2) is 25.5 Å². The molecule has 0 radical (unpaired) electrons. The summed E-state index contributed by atoms with van der Waals surface area (Å²) in [7, 11) is 0. The molecule has 0 unspecified atom stereocenters. The summed E-state index contributed by atoms with van der Waals surface area (Å²) < 4.78 is 38.0. The summed E-state index contributed by atoms with van der Waals surface area (Å²) in [4.78, 5) is 13.3. The molecule has 0 bridgehead atoms. The number of carbonyl (C=O) groups is 1. The van der Waals surface area contributed by atoms with Crippen molar-refractivity contribution in [1.82, 2.24) is 0 Å². The van der Waals surface area contributed by atoms with Crippen LogP contribution < -0.4 is 10.2 Å². The van der Waals surface area contributed by atoms with E-state index < -0.39 is 11.7 Å². The summed E-state index contributed by atoms with van der Waals surface area (Å²) in [6, 6.07) is 4.74. The number of benzene rings is 1. The maximum Gasteiger partial charge on any atom is 0.416 e. The van der Waals surface area contributed by atoms with E-state index in [9.17, 15) is 18.0 Å². The first-order valence-corrected chi connectivity index (χ1v) is 8.17. The second-order valence-electron chi connectivity index (χ2n) is 5.76. The van der Waals surface area contributed by atoms with E-state index in [-0.39, 0.29) is 18.1 Å². The number of amides is 1. The van der Waals surface area contributed by atoms with Crippen molar-refractivity contribution in [3.05, 3.63) is 29.8 Å². The maximum atomic E-state index is 12.7. The van der Waals surface area contributed by atoms with Crippen LogP contribution in [-0.2, 0) is 11.0 Å². The zero-order valence-electron chi connectivity index (χ0n) is 13.8. The van der Waals surface area contributed by atoms with Gasteiger partial charge in [0.1, 0.15) is 0 Å². The van der Waals surface area contributed by atoms with Gasteiger partial charge in [0, 0.05) is 5.69 Å². The van der Waals surface area contributed by atoms with Crippen LogP contribution in [0.1, 0.15) is 45.1 Å². The van der Waals surface area contributed by atoms with Gasteiger partial charge in [0.25, 0.3) is 5.91 Å². The van der Waals surface area contributed by atoms with E-state index in [0.717, 1.165) is 50.9 Å². The smallest absolute Gasteiger partial charge is 0.327 e. The van der Waals surface area contributed by atoms with E-state index in [4.69, 9.17) is 0 Å². The van der Waals surface area contributed by atoms with Crippen molar-refractivity contribution in [3.8, 4) is 0 Å². The Balaban J connectivity index is 2.63. The summed E-state index contributed by atoms with van der Waals surface area (Å²) in [5, 5.41) is 2.58. The van der Waals surface area contributed by atoms with Crippen LogP contribution in [0.25, 0.3) is 0 Å². The highest BCUT2D eigenvalue weighted by Crippen LogP contribution is 2.30. The van der Waals surface area contributed by atoms with Gasteiger partial charge in [0.15, 0.2) is 6.54 Å². The molecule has 0 aliphatic heterocycles. The molecule has 1 rings (SSSR count).